The number of aromatic nitrogens is 1. The van der Waals surface area contributed by atoms with E-state index in [9.17, 15) is 14.0 Å². The third-order valence-electron chi connectivity index (χ3n) is 3.21. The van der Waals surface area contributed by atoms with E-state index in [1.165, 1.54) is 35.8 Å². The van der Waals surface area contributed by atoms with E-state index in [0.717, 1.165) is 11.6 Å². The first kappa shape index (κ1) is 17.7. The van der Waals surface area contributed by atoms with Crippen molar-refractivity contribution in [1.29, 1.82) is 0 Å². The molecule has 1 amide bonds. The molecule has 2 N–H and O–H groups in total. The lowest BCUT2D eigenvalue weighted by molar-refractivity contribution is -0.124. The minimum atomic E-state index is -0.642. The van der Waals surface area contributed by atoms with Crippen molar-refractivity contribution in [3.8, 4) is 0 Å². The number of carbonyl (C=O) groups excluding carboxylic acids is 2. The van der Waals surface area contributed by atoms with Crippen molar-refractivity contribution in [2.75, 3.05) is 0 Å². The minimum absolute atomic E-state index is 0.108. The van der Waals surface area contributed by atoms with Gasteiger partial charge in [0.15, 0.2) is 5.78 Å². The van der Waals surface area contributed by atoms with Crippen molar-refractivity contribution in [3.63, 3.8) is 0 Å². The average Bonchev–Trinajstić information content (AvgIpc) is 2.92. The number of nitrogens with zero attached hydrogens (tertiary/aromatic N) is 1. The summed E-state index contributed by atoms with van der Waals surface area (Å²) in [5, 5.41) is 8.33. The van der Waals surface area contributed by atoms with Crippen LogP contribution in [0.5, 0.6) is 0 Å². The van der Waals surface area contributed by atoms with Gasteiger partial charge in [-0.1, -0.05) is 11.6 Å². The molecule has 0 radical (unpaired) electrons. The first-order chi connectivity index (χ1) is 11.4. The Morgan fingerprint density at radius 2 is 2.00 bits per heavy atom. The topological polar surface area (TPSA) is 71.3 Å². The largest absolute Gasteiger partial charge is 0.350 e. The maximum absolute atomic E-state index is 13.1. The van der Waals surface area contributed by atoms with Gasteiger partial charge in [0.1, 0.15) is 5.82 Å². The molecule has 0 unspecified atom stereocenters. The Morgan fingerprint density at radius 3 is 2.67 bits per heavy atom. The molecule has 0 aliphatic heterocycles. The number of allylic oxidation sites excluding steroid dienone is 1. The molecular formula is C17H14ClFN2O3. The molecule has 7 heteroatoms. The SMILES string of the molecule is Cn1cc(/C=C/C(=O)c2ccc(F)c(Cl)c2)cc1/C=C/C(=O)NO. The van der Waals surface area contributed by atoms with Crippen molar-refractivity contribution in [2.24, 2.45) is 7.05 Å². The highest BCUT2D eigenvalue weighted by molar-refractivity contribution is 6.31. The quantitative estimate of drug-likeness (QED) is 0.377. The van der Waals surface area contributed by atoms with Gasteiger partial charge in [0.2, 0.25) is 0 Å². The summed E-state index contributed by atoms with van der Waals surface area (Å²) >= 11 is 5.66. The number of carbonyl (C=O) groups is 2. The molecule has 124 valence electrons. The predicted molar refractivity (Wildman–Crippen MR) is 89.2 cm³/mol. The normalized spacial score (nSPS) is 11.3. The number of hydroxylamine groups is 1. The third-order valence-corrected chi connectivity index (χ3v) is 3.50. The van der Waals surface area contributed by atoms with Gasteiger partial charge in [-0.3, -0.25) is 14.8 Å². The number of aryl methyl sites for hydroxylation is 1. The van der Waals surface area contributed by atoms with Crippen LogP contribution in [0.4, 0.5) is 4.39 Å². The van der Waals surface area contributed by atoms with Gasteiger partial charge in [-0.15, -0.1) is 0 Å². The molecule has 0 spiro atoms. The summed E-state index contributed by atoms with van der Waals surface area (Å²) < 4.78 is 14.9. The fraction of sp³-hybridized carbons (Fsp3) is 0.0588. The number of rotatable bonds is 5. The summed E-state index contributed by atoms with van der Waals surface area (Å²) in [6.07, 6.45) is 7.41. The summed E-state index contributed by atoms with van der Waals surface area (Å²) in [6, 6.07) is 5.53. The number of halogens is 2. The van der Waals surface area contributed by atoms with Gasteiger partial charge in [0.05, 0.1) is 5.02 Å². The molecule has 0 saturated carbocycles. The highest BCUT2D eigenvalue weighted by Gasteiger charge is 2.06. The van der Waals surface area contributed by atoms with E-state index in [2.05, 4.69) is 0 Å². The van der Waals surface area contributed by atoms with Crippen molar-refractivity contribution in [1.82, 2.24) is 10.0 Å². The zero-order valence-corrected chi connectivity index (χ0v) is 13.4. The van der Waals surface area contributed by atoms with E-state index in [-0.39, 0.29) is 16.4 Å². The van der Waals surface area contributed by atoms with E-state index in [1.807, 2.05) is 0 Å². The van der Waals surface area contributed by atoms with Crippen LogP contribution in [0.15, 0.2) is 42.6 Å². The van der Waals surface area contributed by atoms with E-state index >= 15 is 0 Å². The van der Waals surface area contributed by atoms with Crippen LogP contribution >= 0.6 is 11.6 Å². The zero-order valence-electron chi connectivity index (χ0n) is 12.7. The molecule has 0 saturated heterocycles. The van der Waals surface area contributed by atoms with Gasteiger partial charge in [-0.25, -0.2) is 9.87 Å². The van der Waals surface area contributed by atoms with Crippen molar-refractivity contribution in [3.05, 3.63) is 70.3 Å². The van der Waals surface area contributed by atoms with Crippen LogP contribution in [-0.2, 0) is 11.8 Å². The number of ketones is 1. The van der Waals surface area contributed by atoms with Crippen LogP contribution in [0.3, 0.4) is 0 Å². The predicted octanol–water partition coefficient (Wildman–Crippen LogP) is 3.23. The number of hydrogen-bond acceptors (Lipinski definition) is 3. The van der Waals surface area contributed by atoms with Crippen LogP contribution in [-0.4, -0.2) is 21.5 Å². The molecule has 1 aromatic carbocycles. The molecular weight excluding hydrogens is 335 g/mol. The Kier molecular flexibility index (Phi) is 5.68. The lowest BCUT2D eigenvalue weighted by Gasteiger charge is -1.97. The molecule has 1 heterocycles. The van der Waals surface area contributed by atoms with Gasteiger partial charge in [-0.2, -0.15) is 0 Å². The van der Waals surface area contributed by atoms with Crippen molar-refractivity contribution >= 4 is 35.4 Å². The number of benzene rings is 1. The van der Waals surface area contributed by atoms with Crippen molar-refractivity contribution in [2.45, 2.75) is 0 Å². The minimum Gasteiger partial charge on any atom is -0.350 e. The zero-order chi connectivity index (χ0) is 17.7. The van der Waals surface area contributed by atoms with Crippen molar-refractivity contribution < 1.29 is 19.2 Å². The molecule has 0 fully saturated rings. The highest BCUT2D eigenvalue weighted by Crippen LogP contribution is 2.17. The van der Waals surface area contributed by atoms with E-state index in [4.69, 9.17) is 16.8 Å². The second-order valence-corrected chi connectivity index (χ2v) is 5.35. The molecule has 0 atom stereocenters. The molecule has 2 rings (SSSR count). The second-order valence-electron chi connectivity index (χ2n) is 4.95. The van der Waals surface area contributed by atoms with Crippen LogP contribution in [0, 0.1) is 5.82 Å². The molecule has 0 aliphatic rings. The van der Waals surface area contributed by atoms with E-state index in [1.54, 1.807) is 30.0 Å². The molecule has 0 aliphatic carbocycles. The molecule has 2 aromatic rings. The molecule has 5 nitrogen and oxygen atoms in total. The van der Waals surface area contributed by atoms with E-state index in [0.29, 0.717) is 5.69 Å². The summed E-state index contributed by atoms with van der Waals surface area (Å²) in [5.41, 5.74) is 3.23. The van der Waals surface area contributed by atoms with Crippen LogP contribution in [0.2, 0.25) is 5.02 Å². The molecule has 1 aromatic heterocycles. The van der Waals surface area contributed by atoms with Gasteiger partial charge < -0.3 is 4.57 Å². The maximum Gasteiger partial charge on any atom is 0.267 e. The Hall–Kier alpha value is -2.70. The first-order valence-corrected chi connectivity index (χ1v) is 7.24. The monoisotopic (exact) mass is 348 g/mol. The molecule has 0 bridgehead atoms. The molecule has 24 heavy (non-hydrogen) atoms. The summed E-state index contributed by atoms with van der Waals surface area (Å²) in [5.74, 6) is -1.53. The fourth-order valence-corrected chi connectivity index (χ4v) is 2.16. The Morgan fingerprint density at radius 1 is 1.25 bits per heavy atom. The number of amides is 1. The van der Waals surface area contributed by atoms with E-state index < -0.39 is 11.7 Å². The summed E-state index contributed by atoms with van der Waals surface area (Å²) in [4.78, 5) is 23.0. The van der Waals surface area contributed by atoms with Crippen LogP contribution in [0.1, 0.15) is 21.6 Å². The average molecular weight is 349 g/mol. The standard InChI is InChI=1S/C17H14ClFN2O3/c1-21-10-11(8-13(21)4-7-17(23)20-24)2-6-16(22)12-3-5-15(19)14(18)9-12/h2-10,24H,1H3,(H,20,23)/b6-2+,7-4+. The smallest absolute Gasteiger partial charge is 0.267 e. The highest BCUT2D eigenvalue weighted by atomic mass is 35.5. The summed E-state index contributed by atoms with van der Waals surface area (Å²) in [6.45, 7) is 0. The van der Waals surface area contributed by atoms with Gasteiger partial charge in [0.25, 0.3) is 5.91 Å². The number of hydrogen-bond donors (Lipinski definition) is 2. The number of nitrogens with one attached hydrogen (secondary N) is 1. The Balaban J connectivity index is 2.14. The summed E-state index contributed by atoms with van der Waals surface area (Å²) in [7, 11) is 1.77. The van der Waals surface area contributed by atoms with Crippen LogP contribution < -0.4 is 5.48 Å². The van der Waals surface area contributed by atoms with Gasteiger partial charge in [0, 0.05) is 30.6 Å². The fourth-order valence-electron chi connectivity index (χ4n) is 1.98. The third kappa shape index (κ3) is 4.41. The second kappa shape index (κ2) is 7.72. The lowest BCUT2D eigenvalue weighted by Crippen LogP contribution is -2.14. The van der Waals surface area contributed by atoms with Gasteiger partial charge >= 0.3 is 0 Å². The first-order valence-electron chi connectivity index (χ1n) is 6.86. The van der Waals surface area contributed by atoms with Gasteiger partial charge in [-0.05, 0) is 48.1 Å². The Labute approximate surface area is 142 Å². The maximum atomic E-state index is 13.1. The Bertz CT molecular complexity index is 840. The lowest BCUT2D eigenvalue weighted by atomic mass is 10.1. The van der Waals surface area contributed by atoms with Crippen LogP contribution in [0.25, 0.3) is 12.2 Å².